The van der Waals surface area contributed by atoms with Gasteiger partial charge in [0.2, 0.25) is 17.7 Å². The second-order valence-corrected chi connectivity index (χ2v) is 8.82. The molecule has 178 valence electrons. The Morgan fingerprint density at radius 1 is 0.943 bits per heavy atom. The van der Waals surface area contributed by atoms with E-state index in [-0.39, 0.29) is 60.1 Å². The van der Waals surface area contributed by atoms with Crippen LogP contribution in [0.25, 0.3) is 0 Å². The third kappa shape index (κ3) is 3.30. The van der Waals surface area contributed by atoms with Gasteiger partial charge in [-0.05, 0) is 47.4 Å². The van der Waals surface area contributed by atoms with Crippen LogP contribution >= 0.6 is 0 Å². The lowest BCUT2D eigenvalue weighted by molar-refractivity contribution is -0.173. The molecule has 1 spiro atoms. The first-order chi connectivity index (χ1) is 16.9. The molecule has 2 atom stereocenters. The summed E-state index contributed by atoms with van der Waals surface area (Å²) in [6.45, 7) is -0.0309. The largest absolute Gasteiger partial charge is 0.504 e. The maximum absolute atomic E-state index is 13.6. The maximum atomic E-state index is 13.6. The number of phenols is 1. The number of hydrogen-bond donors (Lipinski definition) is 2. The van der Waals surface area contributed by atoms with Crippen molar-refractivity contribution < 1.29 is 43.5 Å². The Labute approximate surface area is 199 Å². The Bertz CT molecular complexity index is 1350. The Balaban J connectivity index is 1.47. The number of esters is 2. The van der Waals surface area contributed by atoms with E-state index in [9.17, 15) is 24.6 Å². The Morgan fingerprint density at radius 2 is 1.71 bits per heavy atom. The summed E-state index contributed by atoms with van der Waals surface area (Å²) in [5.41, 5.74) is 0.114. The SMILES string of the molecule is O=C1CCC2=C1C(O)OC1=C2C2(Cc3ccc(cc3)Oc3cc(ccc3O)CCOC2=O)OC1=O. The number of ketones is 1. The van der Waals surface area contributed by atoms with Gasteiger partial charge < -0.3 is 29.2 Å². The van der Waals surface area contributed by atoms with Gasteiger partial charge in [-0.3, -0.25) is 4.79 Å². The third-order valence-corrected chi connectivity index (χ3v) is 6.67. The Kier molecular flexibility index (Phi) is 4.72. The quantitative estimate of drug-likeness (QED) is 0.551. The van der Waals surface area contributed by atoms with Gasteiger partial charge in [-0.15, -0.1) is 0 Å². The van der Waals surface area contributed by atoms with Crippen molar-refractivity contribution in [3.63, 3.8) is 0 Å². The number of rotatable bonds is 0. The van der Waals surface area contributed by atoms with E-state index < -0.39 is 23.8 Å². The molecule has 0 amide bonds. The van der Waals surface area contributed by atoms with Gasteiger partial charge in [0.15, 0.2) is 17.3 Å². The number of aliphatic hydroxyl groups excluding tert-OH is 1. The molecule has 4 bridgehead atoms. The lowest BCUT2D eigenvalue weighted by atomic mass is 9.81. The van der Waals surface area contributed by atoms with Crippen LogP contribution in [-0.2, 0) is 41.4 Å². The molecular weight excluding hydrogens is 456 g/mol. The van der Waals surface area contributed by atoms with E-state index in [0.29, 0.717) is 23.3 Å². The molecule has 2 N–H and O–H groups in total. The summed E-state index contributed by atoms with van der Waals surface area (Å²) in [5, 5.41) is 20.5. The zero-order valence-electron chi connectivity index (χ0n) is 18.4. The van der Waals surface area contributed by atoms with Crippen molar-refractivity contribution in [3.8, 4) is 17.2 Å². The number of hydrogen-bond acceptors (Lipinski definition) is 9. The minimum Gasteiger partial charge on any atom is -0.504 e. The lowest BCUT2D eigenvalue weighted by Gasteiger charge is -2.31. The van der Waals surface area contributed by atoms with Crippen molar-refractivity contribution in [2.75, 3.05) is 6.61 Å². The number of benzene rings is 2. The summed E-state index contributed by atoms with van der Waals surface area (Å²) >= 11 is 0. The molecule has 0 fully saturated rings. The fourth-order valence-electron chi connectivity index (χ4n) is 5.03. The van der Waals surface area contributed by atoms with Crippen LogP contribution in [0.15, 0.2) is 64.9 Å². The fourth-order valence-corrected chi connectivity index (χ4v) is 5.03. The van der Waals surface area contributed by atoms with Crippen LogP contribution in [0, 0.1) is 0 Å². The summed E-state index contributed by atoms with van der Waals surface area (Å²) < 4.78 is 22.5. The molecule has 1 aliphatic carbocycles. The van der Waals surface area contributed by atoms with Crippen LogP contribution in [-0.4, -0.2) is 46.4 Å². The highest BCUT2D eigenvalue weighted by molar-refractivity contribution is 6.06. The van der Waals surface area contributed by atoms with Crippen molar-refractivity contribution >= 4 is 17.7 Å². The van der Waals surface area contributed by atoms with Gasteiger partial charge in [0, 0.05) is 19.3 Å². The van der Waals surface area contributed by atoms with Crippen molar-refractivity contribution in [2.24, 2.45) is 0 Å². The molecule has 2 unspecified atom stereocenters. The van der Waals surface area contributed by atoms with Gasteiger partial charge in [0.1, 0.15) is 5.75 Å². The predicted molar refractivity (Wildman–Crippen MR) is 117 cm³/mol. The number of fused-ring (bicyclic) bond motifs is 6. The molecule has 9 heteroatoms. The Hall–Kier alpha value is -4.11. The van der Waals surface area contributed by atoms with E-state index >= 15 is 0 Å². The van der Waals surface area contributed by atoms with Gasteiger partial charge in [0.05, 0.1) is 17.8 Å². The average Bonchev–Trinajstić information content (AvgIpc) is 3.35. The van der Waals surface area contributed by atoms with Crippen molar-refractivity contribution in [1.29, 1.82) is 0 Å². The van der Waals surface area contributed by atoms with Gasteiger partial charge in [0.25, 0.3) is 0 Å². The standard InChI is InChI=1S/C26H20O9/c27-17-7-3-13-9-10-32-25(31)26(12-14-1-4-15(5-2-14)33-19(17)11-13)21-16-6-8-18(28)20(16)23(29)34-22(21)24(30)35-26/h1-5,7,11,23,27,29H,6,8-10,12H2. The van der Waals surface area contributed by atoms with Crippen molar-refractivity contribution in [3.05, 3.63) is 76.1 Å². The third-order valence-electron chi connectivity index (χ3n) is 6.67. The minimum absolute atomic E-state index is 0.0205. The van der Waals surface area contributed by atoms with E-state index in [0.717, 1.165) is 5.56 Å². The second kappa shape index (κ2) is 7.71. The van der Waals surface area contributed by atoms with E-state index in [1.807, 2.05) is 0 Å². The maximum Gasteiger partial charge on any atom is 0.375 e. The number of carbonyl (C=O) groups is 3. The number of Topliss-reactive ketones (excluding diaryl/α,β-unsaturated/α-hetero) is 1. The first-order valence-corrected chi connectivity index (χ1v) is 11.2. The molecule has 9 nitrogen and oxygen atoms in total. The molecule has 7 rings (SSSR count). The van der Waals surface area contributed by atoms with Crippen LogP contribution < -0.4 is 4.74 Å². The molecule has 0 saturated carbocycles. The Morgan fingerprint density at radius 3 is 2.51 bits per heavy atom. The fraction of sp³-hybridized carbons (Fsp3) is 0.269. The molecule has 4 heterocycles. The van der Waals surface area contributed by atoms with Gasteiger partial charge in [-0.1, -0.05) is 18.2 Å². The summed E-state index contributed by atoms with van der Waals surface area (Å²) in [6.07, 6.45) is -0.954. The summed E-state index contributed by atoms with van der Waals surface area (Å²) in [4.78, 5) is 38.9. The van der Waals surface area contributed by atoms with E-state index in [2.05, 4.69) is 0 Å². The van der Waals surface area contributed by atoms with Crippen molar-refractivity contribution in [2.45, 2.75) is 37.6 Å². The monoisotopic (exact) mass is 476 g/mol. The molecule has 5 aliphatic rings. The van der Waals surface area contributed by atoms with Gasteiger partial charge in [-0.2, -0.15) is 0 Å². The average molecular weight is 476 g/mol. The number of ether oxygens (including phenoxy) is 4. The zero-order valence-corrected chi connectivity index (χ0v) is 18.4. The number of aliphatic hydroxyl groups is 1. The highest BCUT2D eigenvalue weighted by Crippen LogP contribution is 2.49. The predicted octanol–water partition coefficient (Wildman–Crippen LogP) is 2.38. The molecule has 0 saturated heterocycles. The van der Waals surface area contributed by atoms with Crippen LogP contribution in [0.3, 0.4) is 0 Å². The van der Waals surface area contributed by atoms with Crippen LogP contribution in [0.1, 0.15) is 24.0 Å². The number of aromatic hydroxyl groups is 1. The molecule has 2 aromatic carbocycles. The number of carbonyl (C=O) groups excluding carboxylic acids is 3. The second-order valence-electron chi connectivity index (χ2n) is 8.82. The first-order valence-electron chi connectivity index (χ1n) is 11.2. The van der Waals surface area contributed by atoms with E-state index in [1.165, 1.54) is 6.07 Å². The molecule has 4 aliphatic heterocycles. The van der Waals surface area contributed by atoms with E-state index in [4.69, 9.17) is 18.9 Å². The van der Waals surface area contributed by atoms with Crippen LogP contribution in [0.2, 0.25) is 0 Å². The lowest BCUT2D eigenvalue weighted by Crippen LogP contribution is -2.46. The van der Waals surface area contributed by atoms with Gasteiger partial charge >= 0.3 is 11.9 Å². The zero-order chi connectivity index (χ0) is 24.3. The van der Waals surface area contributed by atoms with Crippen molar-refractivity contribution in [1.82, 2.24) is 0 Å². The topological polar surface area (TPSA) is 129 Å². The highest BCUT2D eigenvalue weighted by atomic mass is 16.7. The highest BCUT2D eigenvalue weighted by Gasteiger charge is 2.60. The van der Waals surface area contributed by atoms with Crippen LogP contribution in [0.4, 0.5) is 0 Å². The summed E-state index contributed by atoms with van der Waals surface area (Å²) in [7, 11) is 0. The summed E-state index contributed by atoms with van der Waals surface area (Å²) in [6, 6.07) is 11.6. The van der Waals surface area contributed by atoms with Gasteiger partial charge in [-0.25, -0.2) is 9.59 Å². The van der Waals surface area contributed by atoms with E-state index in [1.54, 1.807) is 36.4 Å². The molecule has 2 aromatic rings. The normalized spacial score (nSPS) is 25.5. The summed E-state index contributed by atoms with van der Waals surface area (Å²) in [5.74, 6) is -1.54. The smallest absolute Gasteiger partial charge is 0.375 e. The molecular formula is C26H20O9. The molecule has 0 radical (unpaired) electrons. The first kappa shape index (κ1) is 21.4. The molecule has 0 aromatic heterocycles. The molecule has 35 heavy (non-hydrogen) atoms. The number of phenolic OH excluding ortho intramolecular Hbond substituents is 1. The van der Waals surface area contributed by atoms with Crippen LogP contribution in [0.5, 0.6) is 17.2 Å². The minimum atomic E-state index is -1.87.